The molecule has 16 heavy (non-hydrogen) atoms. The average molecular weight is 240 g/mol. The molecule has 1 aromatic carbocycles. The largest absolute Gasteiger partial charge is 0.490 e. The second kappa shape index (κ2) is 5.55. The maximum Gasteiger partial charge on any atom is 0.119 e. The van der Waals surface area contributed by atoms with E-state index < -0.39 is 0 Å². The standard InChI is InChI=1S/C13H18ClNO/c1-10(11-3-2-8-15-9-11)16-13-6-4-12(14)5-7-13/h4-7,10-11,15H,2-3,8-9H2,1H3. The fraction of sp³-hybridized carbons (Fsp3) is 0.538. The Morgan fingerprint density at radius 1 is 1.38 bits per heavy atom. The second-order valence-corrected chi connectivity index (χ2v) is 4.82. The van der Waals surface area contributed by atoms with Crippen molar-refractivity contribution in [2.45, 2.75) is 25.9 Å². The zero-order valence-corrected chi connectivity index (χ0v) is 10.3. The lowest BCUT2D eigenvalue weighted by Crippen LogP contribution is -2.37. The van der Waals surface area contributed by atoms with E-state index in [4.69, 9.17) is 16.3 Å². The van der Waals surface area contributed by atoms with E-state index in [1.165, 1.54) is 12.8 Å². The van der Waals surface area contributed by atoms with Crippen molar-refractivity contribution in [3.05, 3.63) is 29.3 Å². The molecular formula is C13H18ClNO. The van der Waals surface area contributed by atoms with E-state index in [-0.39, 0.29) is 6.10 Å². The SMILES string of the molecule is CC(Oc1ccc(Cl)cc1)C1CCCNC1. The fourth-order valence-corrected chi connectivity index (χ4v) is 2.23. The van der Waals surface area contributed by atoms with Crippen LogP contribution in [0.3, 0.4) is 0 Å². The number of nitrogens with one attached hydrogen (secondary N) is 1. The highest BCUT2D eigenvalue weighted by Crippen LogP contribution is 2.21. The van der Waals surface area contributed by atoms with Crippen LogP contribution in [-0.4, -0.2) is 19.2 Å². The minimum atomic E-state index is 0.258. The van der Waals surface area contributed by atoms with Gasteiger partial charge in [0.1, 0.15) is 5.75 Å². The van der Waals surface area contributed by atoms with Gasteiger partial charge in [0.2, 0.25) is 0 Å². The summed E-state index contributed by atoms with van der Waals surface area (Å²) < 4.78 is 5.91. The third-order valence-corrected chi connectivity index (χ3v) is 3.39. The van der Waals surface area contributed by atoms with E-state index in [9.17, 15) is 0 Å². The molecule has 1 heterocycles. The Balaban J connectivity index is 1.90. The van der Waals surface area contributed by atoms with E-state index >= 15 is 0 Å². The van der Waals surface area contributed by atoms with Crippen LogP contribution in [0.25, 0.3) is 0 Å². The summed E-state index contributed by atoms with van der Waals surface area (Å²) in [5.74, 6) is 1.52. The van der Waals surface area contributed by atoms with Crippen LogP contribution in [-0.2, 0) is 0 Å². The molecule has 1 aliphatic rings. The molecular weight excluding hydrogens is 222 g/mol. The molecule has 1 aliphatic heterocycles. The Bertz CT molecular complexity index is 319. The van der Waals surface area contributed by atoms with Crippen LogP contribution in [0, 0.1) is 5.92 Å². The quantitative estimate of drug-likeness (QED) is 0.875. The molecule has 2 unspecified atom stereocenters. The minimum absolute atomic E-state index is 0.258. The van der Waals surface area contributed by atoms with Crippen LogP contribution in [0.1, 0.15) is 19.8 Å². The van der Waals surface area contributed by atoms with Gasteiger partial charge in [-0.15, -0.1) is 0 Å². The molecule has 0 aliphatic carbocycles. The highest BCUT2D eigenvalue weighted by molar-refractivity contribution is 6.30. The van der Waals surface area contributed by atoms with E-state index in [1.54, 1.807) is 0 Å². The lowest BCUT2D eigenvalue weighted by atomic mass is 9.95. The molecule has 2 rings (SSSR count). The summed E-state index contributed by atoms with van der Waals surface area (Å²) in [5, 5.41) is 4.16. The van der Waals surface area contributed by atoms with Crippen LogP contribution in [0.2, 0.25) is 5.02 Å². The Morgan fingerprint density at radius 2 is 2.12 bits per heavy atom. The summed E-state index contributed by atoms with van der Waals surface area (Å²) in [4.78, 5) is 0. The van der Waals surface area contributed by atoms with Gasteiger partial charge in [0, 0.05) is 17.5 Å². The summed E-state index contributed by atoms with van der Waals surface area (Å²) >= 11 is 5.83. The van der Waals surface area contributed by atoms with E-state index in [2.05, 4.69) is 12.2 Å². The van der Waals surface area contributed by atoms with Crippen molar-refractivity contribution in [2.24, 2.45) is 5.92 Å². The molecule has 0 aromatic heterocycles. The highest BCUT2D eigenvalue weighted by atomic mass is 35.5. The van der Waals surface area contributed by atoms with Crippen LogP contribution < -0.4 is 10.1 Å². The molecule has 0 saturated carbocycles. The van der Waals surface area contributed by atoms with Crippen molar-refractivity contribution in [1.29, 1.82) is 0 Å². The van der Waals surface area contributed by atoms with E-state index in [1.807, 2.05) is 24.3 Å². The minimum Gasteiger partial charge on any atom is -0.490 e. The first kappa shape index (κ1) is 11.7. The second-order valence-electron chi connectivity index (χ2n) is 4.38. The predicted octanol–water partition coefficient (Wildman–Crippen LogP) is 3.11. The maximum absolute atomic E-state index is 5.91. The molecule has 3 heteroatoms. The van der Waals surface area contributed by atoms with Gasteiger partial charge in [-0.25, -0.2) is 0 Å². The summed E-state index contributed by atoms with van der Waals surface area (Å²) in [6.45, 7) is 4.35. The molecule has 1 aromatic rings. The number of benzene rings is 1. The summed E-state index contributed by atoms with van der Waals surface area (Å²) in [5.41, 5.74) is 0. The molecule has 0 amide bonds. The van der Waals surface area contributed by atoms with E-state index in [0.29, 0.717) is 5.92 Å². The lowest BCUT2D eigenvalue weighted by Gasteiger charge is -2.28. The van der Waals surface area contributed by atoms with Gasteiger partial charge in [0.05, 0.1) is 6.10 Å². The van der Waals surface area contributed by atoms with E-state index in [0.717, 1.165) is 23.9 Å². The van der Waals surface area contributed by atoms with Gasteiger partial charge in [-0.2, -0.15) is 0 Å². The summed E-state index contributed by atoms with van der Waals surface area (Å²) in [6.07, 6.45) is 2.76. The third kappa shape index (κ3) is 3.13. The van der Waals surface area contributed by atoms with Crippen molar-refractivity contribution in [3.63, 3.8) is 0 Å². The zero-order chi connectivity index (χ0) is 11.4. The first-order valence-electron chi connectivity index (χ1n) is 5.88. The van der Waals surface area contributed by atoms with Gasteiger partial charge in [0.15, 0.2) is 0 Å². The molecule has 0 spiro atoms. The van der Waals surface area contributed by atoms with Crippen molar-refractivity contribution >= 4 is 11.6 Å². The summed E-state index contributed by atoms with van der Waals surface area (Å²) in [7, 11) is 0. The van der Waals surface area contributed by atoms with Gasteiger partial charge < -0.3 is 10.1 Å². The van der Waals surface area contributed by atoms with Crippen LogP contribution in [0.5, 0.6) is 5.75 Å². The number of rotatable bonds is 3. The normalized spacial score (nSPS) is 22.8. The smallest absolute Gasteiger partial charge is 0.119 e. The van der Waals surface area contributed by atoms with Crippen LogP contribution >= 0.6 is 11.6 Å². The molecule has 88 valence electrons. The molecule has 2 nitrogen and oxygen atoms in total. The number of hydrogen-bond donors (Lipinski definition) is 1. The monoisotopic (exact) mass is 239 g/mol. The van der Waals surface area contributed by atoms with Gasteiger partial charge >= 0.3 is 0 Å². The third-order valence-electron chi connectivity index (χ3n) is 3.13. The maximum atomic E-state index is 5.91. The molecule has 1 fully saturated rings. The topological polar surface area (TPSA) is 21.3 Å². The Hall–Kier alpha value is -0.730. The summed E-state index contributed by atoms with van der Waals surface area (Å²) in [6, 6.07) is 7.58. The van der Waals surface area contributed by atoms with Crippen molar-refractivity contribution in [1.82, 2.24) is 5.32 Å². The zero-order valence-electron chi connectivity index (χ0n) is 9.58. The van der Waals surface area contributed by atoms with Crippen molar-refractivity contribution in [2.75, 3.05) is 13.1 Å². The first-order valence-corrected chi connectivity index (χ1v) is 6.26. The van der Waals surface area contributed by atoms with Crippen LogP contribution in [0.15, 0.2) is 24.3 Å². The van der Waals surface area contributed by atoms with Crippen LogP contribution in [0.4, 0.5) is 0 Å². The molecule has 0 bridgehead atoms. The Labute approximate surface area is 102 Å². The number of halogens is 1. The van der Waals surface area contributed by atoms with Gasteiger partial charge in [-0.1, -0.05) is 11.6 Å². The van der Waals surface area contributed by atoms with Gasteiger partial charge in [-0.3, -0.25) is 0 Å². The van der Waals surface area contributed by atoms with Crippen molar-refractivity contribution in [3.8, 4) is 5.75 Å². The first-order chi connectivity index (χ1) is 7.75. The number of hydrogen-bond acceptors (Lipinski definition) is 2. The predicted molar refractivity (Wildman–Crippen MR) is 67.1 cm³/mol. The van der Waals surface area contributed by atoms with Gasteiger partial charge in [-0.05, 0) is 50.6 Å². The highest BCUT2D eigenvalue weighted by Gasteiger charge is 2.20. The lowest BCUT2D eigenvalue weighted by molar-refractivity contribution is 0.131. The Morgan fingerprint density at radius 3 is 2.75 bits per heavy atom. The van der Waals surface area contributed by atoms with Gasteiger partial charge in [0.25, 0.3) is 0 Å². The fourth-order valence-electron chi connectivity index (χ4n) is 2.10. The van der Waals surface area contributed by atoms with Crippen molar-refractivity contribution < 1.29 is 4.74 Å². The number of piperidine rings is 1. The molecule has 2 atom stereocenters. The Kier molecular flexibility index (Phi) is 4.08. The number of ether oxygens (including phenoxy) is 1. The molecule has 1 N–H and O–H groups in total. The molecule has 1 saturated heterocycles. The molecule has 0 radical (unpaired) electrons. The average Bonchev–Trinajstić information content (AvgIpc) is 2.33.